The molecule has 0 saturated heterocycles. The summed E-state index contributed by atoms with van der Waals surface area (Å²) in [5, 5.41) is 6.23. The Bertz CT molecular complexity index is 802. The molecule has 0 saturated carbocycles. The first-order valence-electron chi connectivity index (χ1n) is 8.87. The van der Waals surface area contributed by atoms with Crippen molar-refractivity contribution in [3.8, 4) is 0 Å². The van der Waals surface area contributed by atoms with Gasteiger partial charge >= 0.3 is 0 Å². The van der Waals surface area contributed by atoms with Crippen LogP contribution in [0.5, 0.6) is 0 Å². The standard InChI is InChI=1S/C22H23N3O/c26-22(23-15-7-12-18-8-3-1-4-9-18)21-14-13-20(17-25-21)24-16-19-10-5-2-6-11-19/h1-6,8-11,13-14,17,24H,7,12,15-16H2,(H,23,26). The van der Waals surface area contributed by atoms with E-state index in [0.717, 1.165) is 25.1 Å². The normalized spacial score (nSPS) is 10.3. The Kier molecular flexibility index (Phi) is 6.37. The lowest BCUT2D eigenvalue weighted by Crippen LogP contribution is -2.25. The van der Waals surface area contributed by atoms with Crippen LogP contribution in [0.1, 0.15) is 28.0 Å². The summed E-state index contributed by atoms with van der Waals surface area (Å²) in [4.78, 5) is 16.4. The maximum Gasteiger partial charge on any atom is 0.269 e. The number of rotatable bonds is 8. The summed E-state index contributed by atoms with van der Waals surface area (Å²) in [6, 6.07) is 24.1. The van der Waals surface area contributed by atoms with Crippen molar-refractivity contribution in [2.45, 2.75) is 19.4 Å². The van der Waals surface area contributed by atoms with Crippen molar-refractivity contribution in [3.05, 3.63) is 95.8 Å². The van der Waals surface area contributed by atoms with Crippen molar-refractivity contribution >= 4 is 11.6 Å². The second-order valence-corrected chi connectivity index (χ2v) is 6.12. The highest BCUT2D eigenvalue weighted by molar-refractivity contribution is 5.92. The molecule has 0 atom stereocenters. The zero-order valence-electron chi connectivity index (χ0n) is 14.7. The van der Waals surface area contributed by atoms with E-state index < -0.39 is 0 Å². The minimum atomic E-state index is -0.132. The van der Waals surface area contributed by atoms with Crippen LogP contribution in [0.25, 0.3) is 0 Å². The molecule has 0 spiro atoms. The van der Waals surface area contributed by atoms with Crippen molar-refractivity contribution < 1.29 is 4.79 Å². The van der Waals surface area contributed by atoms with Crippen molar-refractivity contribution in [3.63, 3.8) is 0 Å². The summed E-state index contributed by atoms with van der Waals surface area (Å²) in [6.07, 6.45) is 3.56. The van der Waals surface area contributed by atoms with Crippen molar-refractivity contribution in [2.75, 3.05) is 11.9 Å². The molecule has 26 heavy (non-hydrogen) atoms. The molecule has 0 aliphatic rings. The molecule has 1 aromatic heterocycles. The number of anilines is 1. The Balaban J connectivity index is 1.41. The highest BCUT2D eigenvalue weighted by atomic mass is 16.1. The Hall–Kier alpha value is -3.14. The van der Waals surface area contributed by atoms with Gasteiger partial charge in [-0.2, -0.15) is 0 Å². The number of nitrogens with one attached hydrogen (secondary N) is 2. The third kappa shape index (κ3) is 5.45. The van der Waals surface area contributed by atoms with Gasteiger partial charge in [-0.3, -0.25) is 4.79 Å². The van der Waals surface area contributed by atoms with E-state index >= 15 is 0 Å². The number of hydrogen-bond acceptors (Lipinski definition) is 3. The minimum absolute atomic E-state index is 0.132. The van der Waals surface area contributed by atoms with Crippen LogP contribution in [0.4, 0.5) is 5.69 Å². The topological polar surface area (TPSA) is 54.0 Å². The zero-order valence-corrected chi connectivity index (χ0v) is 14.7. The van der Waals surface area contributed by atoms with Crippen molar-refractivity contribution in [1.29, 1.82) is 0 Å². The fraction of sp³-hybridized carbons (Fsp3) is 0.182. The molecule has 3 rings (SSSR count). The van der Waals surface area contributed by atoms with Gasteiger partial charge in [0, 0.05) is 13.1 Å². The van der Waals surface area contributed by atoms with Gasteiger partial charge in [-0.1, -0.05) is 60.7 Å². The van der Waals surface area contributed by atoms with Gasteiger partial charge in [0.1, 0.15) is 5.69 Å². The molecule has 0 aliphatic heterocycles. The molecule has 2 N–H and O–H groups in total. The number of carbonyl (C=O) groups excluding carboxylic acids is 1. The summed E-state index contributed by atoms with van der Waals surface area (Å²) in [7, 11) is 0. The summed E-state index contributed by atoms with van der Waals surface area (Å²) in [5.74, 6) is -0.132. The van der Waals surface area contributed by atoms with E-state index in [1.807, 2.05) is 42.5 Å². The first-order chi connectivity index (χ1) is 12.8. The number of pyridine rings is 1. The fourth-order valence-electron chi connectivity index (χ4n) is 2.66. The second kappa shape index (κ2) is 9.37. The maximum atomic E-state index is 12.2. The first-order valence-corrected chi connectivity index (χ1v) is 8.87. The molecule has 4 heteroatoms. The zero-order chi connectivity index (χ0) is 18.0. The number of nitrogens with zero attached hydrogens (tertiary/aromatic N) is 1. The van der Waals surface area contributed by atoms with Gasteiger partial charge in [0.05, 0.1) is 11.9 Å². The van der Waals surface area contributed by atoms with Gasteiger partial charge in [0.15, 0.2) is 0 Å². The van der Waals surface area contributed by atoms with Gasteiger partial charge in [-0.25, -0.2) is 4.98 Å². The van der Waals surface area contributed by atoms with Crippen LogP contribution in [-0.2, 0) is 13.0 Å². The predicted molar refractivity (Wildman–Crippen MR) is 105 cm³/mol. The smallest absolute Gasteiger partial charge is 0.269 e. The summed E-state index contributed by atoms with van der Waals surface area (Å²) in [6.45, 7) is 1.37. The van der Waals surface area contributed by atoms with Crippen LogP contribution >= 0.6 is 0 Å². The quantitative estimate of drug-likeness (QED) is 0.606. The average Bonchev–Trinajstić information content (AvgIpc) is 2.71. The monoisotopic (exact) mass is 345 g/mol. The number of amides is 1. The highest BCUT2D eigenvalue weighted by Crippen LogP contribution is 2.09. The first kappa shape index (κ1) is 17.7. The molecule has 4 nitrogen and oxygen atoms in total. The summed E-state index contributed by atoms with van der Waals surface area (Å²) in [5.41, 5.74) is 3.82. The molecular weight excluding hydrogens is 322 g/mol. The Morgan fingerprint density at radius 2 is 1.54 bits per heavy atom. The third-order valence-corrected chi connectivity index (χ3v) is 4.11. The van der Waals surface area contributed by atoms with Crippen LogP contribution in [-0.4, -0.2) is 17.4 Å². The number of hydrogen-bond donors (Lipinski definition) is 2. The minimum Gasteiger partial charge on any atom is -0.380 e. The molecular formula is C22H23N3O. The maximum absolute atomic E-state index is 12.2. The van der Waals surface area contributed by atoms with Crippen molar-refractivity contribution in [2.24, 2.45) is 0 Å². The Morgan fingerprint density at radius 1 is 0.846 bits per heavy atom. The van der Waals surface area contributed by atoms with Gasteiger partial charge in [0.2, 0.25) is 0 Å². The van der Waals surface area contributed by atoms with Crippen LogP contribution in [0.2, 0.25) is 0 Å². The van der Waals surface area contributed by atoms with E-state index in [9.17, 15) is 4.79 Å². The number of benzene rings is 2. The van der Waals surface area contributed by atoms with E-state index in [0.29, 0.717) is 12.2 Å². The average molecular weight is 345 g/mol. The SMILES string of the molecule is O=C(NCCCc1ccccc1)c1ccc(NCc2ccccc2)cn1. The number of aromatic nitrogens is 1. The molecule has 132 valence electrons. The molecule has 0 aliphatic carbocycles. The fourth-order valence-corrected chi connectivity index (χ4v) is 2.66. The molecule has 0 bridgehead atoms. The van der Waals surface area contributed by atoms with Gasteiger partial charge in [-0.05, 0) is 36.1 Å². The van der Waals surface area contributed by atoms with E-state index in [1.165, 1.54) is 11.1 Å². The number of aryl methyl sites for hydroxylation is 1. The van der Waals surface area contributed by atoms with Gasteiger partial charge in [-0.15, -0.1) is 0 Å². The Morgan fingerprint density at radius 3 is 2.19 bits per heavy atom. The highest BCUT2D eigenvalue weighted by Gasteiger charge is 2.06. The number of carbonyl (C=O) groups is 1. The van der Waals surface area contributed by atoms with E-state index in [-0.39, 0.29) is 5.91 Å². The molecule has 1 amide bonds. The van der Waals surface area contributed by atoms with Gasteiger partial charge < -0.3 is 10.6 Å². The van der Waals surface area contributed by atoms with Crippen LogP contribution < -0.4 is 10.6 Å². The van der Waals surface area contributed by atoms with Gasteiger partial charge in [0.25, 0.3) is 5.91 Å². The van der Waals surface area contributed by atoms with Crippen LogP contribution in [0.15, 0.2) is 79.0 Å². The third-order valence-electron chi connectivity index (χ3n) is 4.11. The molecule has 0 radical (unpaired) electrons. The molecule has 0 fully saturated rings. The van der Waals surface area contributed by atoms with E-state index in [2.05, 4.69) is 39.9 Å². The summed E-state index contributed by atoms with van der Waals surface area (Å²) < 4.78 is 0. The predicted octanol–water partition coefficient (Wildman–Crippen LogP) is 4.06. The van der Waals surface area contributed by atoms with Crippen molar-refractivity contribution in [1.82, 2.24) is 10.3 Å². The molecule has 1 heterocycles. The lowest BCUT2D eigenvalue weighted by atomic mass is 10.1. The molecule has 2 aromatic carbocycles. The lowest BCUT2D eigenvalue weighted by Gasteiger charge is -2.08. The molecule has 0 unspecified atom stereocenters. The van der Waals surface area contributed by atoms with Crippen LogP contribution in [0.3, 0.4) is 0 Å². The second-order valence-electron chi connectivity index (χ2n) is 6.12. The van der Waals surface area contributed by atoms with E-state index in [1.54, 1.807) is 12.3 Å². The molecule has 3 aromatic rings. The largest absolute Gasteiger partial charge is 0.380 e. The van der Waals surface area contributed by atoms with Crippen LogP contribution in [0, 0.1) is 0 Å². The van der Waals surface area contributed by atoms with E-state index in [4.69, 9.17) is 0 Å². The summed E-state index contributed by atoms with van der Waals surface area (Å²) >= 11 is 0. The lowest BCUT2D eigenvalue weighted by molar-refractivity contribution is 0.0948. The Labute approximate surface area is 154 Å².